The van der Waals surface area contributed by atoms with Crippen LogP contribution in [0.5, 0.6) is 0 Å². The van der Waals surface area contributed by atoms with E-state index < -0.39 is 5.82 Å². The highest BCUT2D eigenvalue weighted by molar-refractivity contribution is 5.97. The third kappa shape index (κ3) is 5.26. The van der Waals surface area contributed by atoms with Gasteiger partial charge in [0.05, 0.1) is 5.56 Å². The maximum absolute atomic E-state index is 14.1. The molecule has 1 aromatic rings. The van der Waals surface area contributed by atoms with E-state index in [4.69, 9.17) is 0 Å². The van der Waals surface area contributed by atoms with Crippen molar-refractivity contribution in [3.63, 3.8) is 0 Å². The number of likely N-dealkylation sites (tertiary alicyclic amines) is 1. The molecular formula is C19H28FN3O2. The predicted molar refractivity (Wildman–Crippen MR) is 97.1 cm³/mol. The molecule has 0 bridgehead atoms. The van der Waals surface area contributed by atoms with Crippen molar-refractivity contribution in [3.05, 3.63) is 29.6 Å². The Hall–Kier alpha value is -1.95. The summed E-state index contributed by atoms with van der Waals surface area (Å²) in [5, 5.41) is 2.59. The Bertz CT molecular complexity index is 625. The number of piperidine rings is 1. The number of hydrogen-bond donors (Lipinski definition) is 1. The van der Waals surface area contributed by atoms with Crippen molar-refractivity contribution in [1.82, 2.24) is 9.80 Å². The Morgan fingerprint density at radius 3 is 2.52 bits per heavy atom. The number of nitrogens with one attached hydrogen (secondary N) is 1. The van der Waals surface area contributed by atoms with Crippen LogP contribution < -0.4 is 5.32 Å². The van der Waals surface area contributed by atoms with Gasteiger partial charge in [-0.3, -0.25) is 9.59 Å². The molecule has 1 aliphatic heterocycles. The molecule has 25 heavy (non-hydrogen) atoms. The molecule has 5 nitrogen and oxygen atoms in total. The number of rotatable bonds is 5. The van der Waals surface area contributed by atoms with Crippen LogP contribution in [0.3, 0.4) is 0 Å². The number of carbonyl (C=O) groups excluding carboxylic acids is 2. The first kappa shape index (κ1) is 19.4. The summed E-state index contributed by atoms with van der Waals surface area (Å²) >= 11 is 0. The Balaban J connectivity index is 1.99. The van der Waals surface area contributed by atoms with Crippen LogP contribution >= 0.6 is 0 Å². The van der Waals surface area contributed by atoms with Crippen LogP contribution in [-0.2, 0) is 4.79 Å². The molecule has 0 aromatic heterocycles. The number of benzene rings is 1. The highest BCUT2D eigenvalue weighted by atomic mass is 19.1. The molecule has 1 fully saturated rings. The molecule has 0 atom stereocenters. The molecule has 1 aromatic carbocycles. The summed E-state index contributed by atoms with van der Waals surface area (Å²) in [6.45, 7) is 8.02. The van der Waals surface area contributed by atoms with Crippen molar-refractivity contribution in [2.75, 3.05) is 32.0 Å². The van der Waals surface area contributed by atoms with Crippen LogP contribution in [0.2, 0.25) is 0 Å². The Morgan fingerprint density at radius 2 is 1.96 bits per heavy atom. The second-order valence-corrected chi connectivity index (χ2v) is 7.14. The standard InChI is InChI=1S/C19H28FN3O2/c1-13(2)22(4)12-15-7-9-23(10-8-15)19(25)17-11-16(21-14(3)24)5-6-18(17)20/h5-6,11,13,15H,7-10,12H2,1-4H3,(H,21,24). The van der Waals surface area contributed by atoms with E-state index in [1.165, 1.54) is 25.1 Å². The SMILES string of the molecule is CC(=O)Nc1ccc(F)c(C(=O)N2CCC(CN(C)C(C)C)CC2)c1. The lowest BCUT2D eigenvalue weighted by Crippen LogP contribution is -2.42. The van der Waals surface area contributed by atoms with Crippen molar-refractivity contribution in [2.24, 2.45) is 5.92 Å². The minimum Gasteiger partial charge on any atom is -0.339 e. The average Bonchev–Trinajstić information content (AvgIpc) is 2.56. The summed E-state index contributed by atoms with van der Waals surface area (Å²) < 4.78 is 14.1. The molecule has 1 aliphatic rings. The predicted octanol–water partition coefficient (Wildman–Crippen LogP) is 2.98. The first-order chi connectivity index (χ1) is 11.8. The zero-order valence-electron chi connectivity index (χ0n) is 15.5. The van der Waals surface area contributed by atoms with E-state index in [0.29, 0.717) is 30.7 Å². The van der Waals surface area contributed by atoms with Gasteiger partial charge in [-0.1, -0.05) is 0 Å². The Kier molecular flexibility index (Phi) is 6.53. The fraction of sp³-hybridized carbons (Fsp3) is 0.579. The lowest BCUT2D eigenvalue weighted by atomic mass is 9.95. The second-order valence-electron chi connectivity index (χ2n) is 7.14. The normalized spacial score (nSPS) is 15.7. The van der Waals surface area contributed by atoms with Crippen LogP contribution in [0.4, 0.5) is 10.1 Å². The fourth-order valence-electron chi connectivity index (χ4n) is 3.08. The molecular weight excluding hydrogens is 321 g/mol. The van der Waals surface area contributed by atoms with Gasteiger partial charge in [-0.2, -0.15) is 0 Å². The van der Waals surface area contributed by atoms with Crippen molar-refractivity contribution < 1.29 is 14.0 Å². The molecule has 138 valence electrons. The van der Waals surface area contributed by atoms with Gasteiger partial charge in [-0.05, 0) is 57.9 Å². The van der Waals surface area contributed by atoms with Gasteiger partial charge < -0.3 is 15.1 Å². The third-order valence-corrected chi connectivity index (χ3v) is 4.85. The number of anilines is 1. The summed E-state index contributed by atoms with van der Waals surface area (Å²) in [4.78, 5) is 27.8. The van der Waals surface area contributed by atoms with E-state index in [2.05, 4.69) is 31.1 Å². The molecule has 0 spiro atoms. The van der Waals surface area contributed by atoms with E-state index in [1.807, 2.05) is 0 Å². The largest absolute Gasteiger partial charge is 0.339 e. The second kappa shape index (κ2) is 8.43. The van der Waals surface area contributed by atoms with Gasteiger partial charge in [0.1, 0.15) is 5.82 Å². The van der Waals surface area contributed by atoms with E-state index in [9.17, 15) is 14.0 Å². The average molecular weight is 349 g/mol. The van der Waals surface area contributed by atoms with Crippen LogP contribution in [0, 0.1) is 11.7 Å². The summed E-state index contributed by atoms with van der Waals surface area (Å²) in [5.74, 6) is -0.548. The zero-order valence-corrected chi connectivity index (χ0v) is 15.5. The van der Waals surface area contributed by atoms with Crippen molar-refractivity contribution in [2.45, 2.75) is 39.7 Å². The summed E-state index contributed by atoms with van der Waals surface area (Å²) in [6.07, 6.45) is 1.85. The smallest absolute Gasteiger partial charge is 0.256 e. The molecule has 0 saturated carbocycles. The van der Waals surface area contributed by atoms with Gasteiger partial charge in [0, 0.05) is 38.3 Å². The molecule has 2 amide bonds. The molecule has 0 radical (unpaired) electrons. The maximum atomic E-state index is 14.1. The van der Waals surface area contributed by atoms with Gasteiger partial charge in [-0.25, -0.2) is 4.39 Å². The van der Waals surface area contributed by atoms with Crippen LogP contribution in [0.1, 0.15) is 44.0 Å². The molecule has 0 aliphatic carbocycles. The van der Waals surface area contributed by atoms with E-state index in [0.717, 1.165) is 19.4 Å². The van der Waals surface area contributed by atoms with E-state index in [-0.39, 0.29) is 17.4 Å². The molecule has 2 rings (SSSR count). The van der Waals surface area contributed by atoms with E-state index in [1.54, 1.807) is 4.90 Å². The number of halogens is 1. The molecule has 1 N–H and O–H groups in total. The fourth-order valence-corrected chi connectivity index (χ4v) is 3.08. The molecule has 6 heteroatoms. The monoisotopic (exact) mass is 349 g/mol. The van der Waals surface area contributed by atoms with E-state index >= 15 is 0 Å². The highest BCUT2D eigenvalue weighted by Crippen LogP contribution is 2.23. The van der Waals surface area contributed by atoms with Gasteiger partial charge in [-0.15, -0.1) is 0 Å². The summed E-state index contributed by atoms with van der Waals surface area (Å²) in [6, 6.07) is 4.60. The summed E-state index contributed by atoms with van der Waals surface area (Å²) in [7, 11) is 2.12. The Morgan fingerprint density at radius 1 is 1.32 bits per heavy atom. The van der Waals surface area contributed by atoms with Crippen LogP contribution in [0.15, 0.2) is 18.2 Å². The van der Waals surface area contributed by atoms with Crippen molar-refractivity contribution >= 4 is 17.5 Å². The third-order valence-electron chi connectivity index (χ3n) is 4.85. The van der Waals surface area contributed by atoms with Crippen molar-refractivity contribution in [3.8, 4) is 0 Å². The number of amides is 2. The number of carbonyl (C=O) groups is 2. The molecule has 1 saturated heterocycles. The number of hydrogen-bond acceptors (Lipinski definition) is 3. The van der Waals surface area contributed by atoms with Gasteiger partial charge in [0.25, 0.3) is 5.91 Å². The minimum atomic E-state index is -0.555. The van der Waals surface area contributed by atoms with Crippen LogP contribution in [-0.4, -0.2) is 54.3 Å². The molecule has 0 unspecified atom stereocenters. The summed E-state index contributed by atoms with van der Waals surface area (Å²) in [5.41, 5.74) is 0.453. The maximum Gasteiger partial charge on any atom is 0.256 e. The first-order valence-corrected chi connectivity index (χ1v) is 8.84. The van der Waals surface area contributed by atoms with Gasteiger partial charge in [0.2, 0.25) is 5.91 Å². The minimum absolute atomic E-state index is 0.0176. The molecule has 1 heterocycles. The highest BCUT2D eigenvalue weighted by Gasteiger charge is 2.26. The first-order valence-electron chi connectivity index (χ1n) is 8.84. The zero-order chi connectivity index (χ0) is 18.6. The van der Waals surface area contributed by atoms with Crippen LogP contribution in [0.25, 0.3) is 0 Å². The quantitative estimate of drug-likeness (QED) is 0.889. The lowest BCUT2D eigenvalue weighted by Gasteiger charge is -2.35. The van der Waals surface area contributed by atoms with Gasteiger partial charge in [0.15, 0.2) is 0 Å². The topological polar surface area (TPSA) is 52.7 Å². The van der Waals surface area contributed by atoms with Crippen molar-refractivity contribution in [1.29, 1.82) is 0 Å². The lowest BCUT2D eigenvalue weighted by molar-refractivity contribution is -0.114. The Labute approximate surface area is 149 Å². The van der Waals surface area contributed by atoms with Gasteiger partial charge >= 0.3 is 0 Å². The number of nitrogens with zero attached hydrogens (tertiary/aromatic N) is 2.